The van der Waals surface area contributed by atoms with Gasteiger partial charge in [0.25, 0.3) is 5.56 Å². The summed E-state index contributed by atoms with van der Waals surface area (Å²) in [6.07, 6.45) is 2.51. The number of rotatable bonds is 4. The van der Waals surface area contributed by atoms with Crippen LogP contribution < -0.4 is 15.6 Å². The van der Waals surface area contributed by atoms with Crippen LogP contribution in [0.3, 0.4) is 0 Å². The Balaban J connectivity index is 1.55. The van der Waals surface area contributed by atoms with Gasteiger partial charge in [-0.1, -0.05) is 48.0 Å². The van der Waals surface area contributed by atoms with Crippen LogP contribution in [0, 0.1) is 0 Å². The first-order valence-corrected chi connectivity index (χ1v) is 8.90. The number of para-hydroxylation sites is 2. The van der Waals surface area contributed by atoms with Crippen LogP contribution in [0.25, 0.3) is 5.69 Å². The summed E-state index contributed by atoms with van der Waals surface area (Å²) in [5, 5.41) is 7.67. The first-order chi connectivity index (χ1) is 12.7. The summed E-state index contributed by atoms with van der Waals surface area (Å²) in [4.78, 5) is 12.5. The monoisotopic (exact) mass is 367 g/mol. The molecule has 2 heterocycles. The first kappa shape index (κ1) is 16.7. The molecule has 1 unspecified atom stereocenters. The number of nitrogens with zero attached hydrogens (tertiary/aromatic N) is 2. The quantitative estimate of drug-likeness (QED) is 0.760. The highest BCUT2D eigenvalue weighted by molar-refractivity contribution is 6.32. The van der Waals surface area contributed by atoms with Crippen LogP contribution in [-0.4, -0.2) is 22.9 Å². The van der Waals surface area contributed by atoms with Gasteiger partial charge in [0.1, 0.15) is 10.8 Å². The van der Waals surface area contributed by atoms with Crippen LogP contribution >= 0.6 is 11.6 Å². The van der Waals surface area contributed by atoms with Gasteiger partial charge < -0.3 is 10.1 Å². The Hall–Kier alpha value is -2.79. The molecule has 0 radical (unpaired) electrons. The van der Waals surface area contributed by atoms with E-state index in [1.54, 1.807) is 6.20 Å². The summed E-state index contributed by atoms with van der Waals surface area (Å²) in [5.74, 6) is 1.22. The van der Waals surface area contributed by atoms with Crippen LogP contribution in [0.2, 0.25) is 5.02 Å². The van der Waals surface area contributed by atoms with E-state index < -0.39 is 0 Å². The standard InChI is InChI=1S/C20H18ClN3O2/c21-19-17(13-23-24(20(19)25)15-6-2-1-3-7-15)22-12-14-10-11-26-18-9-5-4-8-16(14)18/h1-9,13-14,22H,10-12H2. The Kier molecular flexibility index (Phi) is 4.63. The Morgan fingerprint density at radius 3 is 2.77 bits per heavy atom. The third-order valence-corrected chi connectivity index (χ3v) is 4.91. The third kappa shape index (κ3) is 3.18. The Morgan fingerprint density at radius 2 is 1.92 bits per heavy atom. The molecule has 0 spiro atoms. The van der Waals surface area contributed by atoms with Gasteiger partial charge in [0.2, 0.25) is 0 Å². The van der Waals surface area contributed by atoms with Crippen molar-refractivity contribution in [2.24, 2.45) is 0 Å². The fourth-order valence-corrected chi connectivity index (χ4v) is 3.37. The Labute approximate surface area is 156 Å². The molecule has 2 aromatic carbocycles. The molecule has 1 aromatic heterocycles. The second kappa shape index (κ2) is 7.22. The maximum Gasteiger partial charge on any atom is 0.292 e. The van der Waals surface area contributed by atoms with Crippen molar-refractivity contribution in [3.8, 4) is 11.4 Å². The molecule has 1 atom stereocenters. The minimum Gasteiger partial charge on any atom is -0.493 e. The number of hydrogen-bond acceptors (Lipinski definition) is 4. The molecule has 1 aliphatic rings. The van der Waals surface area contributed by atoms with Crippen molar-refractivity contribution in [3.63, 3.8) is 0 Å². The van der Waals surface area contributed by atoms with E-state index in [-0.39, 0.29) is 10.6 Å². The van der Waals surface area contributed by atoms with Crippen molar-refractivity contribution in [2.45, 2.75) is 12.3 Å². The molecule has 3 aromatic rings. The zero-order valence-electron chi connectivity index (χ0n) is 14.1. The van der Waals surface area contributed by atoms with E-state index in [2.05, 4.69) is 16.5 Å². The van der Waals surface area contributed by atoms with E-state index >= 15 is 0 Å². The molecule has 1 N–H and O–H groups in total. The van der Waals surface area contributed by atoms with Crippen molar-refractivity contribution in [1.82, 2.24) is 9.78 Å². The van der Waals surface area contributed by atoms with Crippen LogP contribution in [0.1, 0.15) is 17.9 Å². The van der Waals surface area contributed by atoms with Crippen molar-refractivity contribution < 1.29 is 4.74 Å². The summed E-state index contributed by atoms with van der Waals surface area (Å²) < 4.78 is 7.00. The highest BCUT2D eigenvalue weighted by atomic mass is 35.5. The smallest absolute Gasteiger partial charge is 0.292 e. The zero-order valence-corrected chi connectivity index (χ0v) is 14.8. The highest BCUT2D eigenvalue weighted by Gasteiger charge is 2.21. The average Bonchev–Trinajstić information content (AvgIpc) is 2.70. The average molecular weight is 368 g/mol. The van der Waals surface area contributed by atoms with Gasteiger partial charge >= 0.3 is 0 Å². The van der Waals surface area contributed by atoms with Gasteiger partial charge in [-0.05, 0) is 30.2 Å². The van der Waals surface area contributed by atoms with E-state index in [9.17, 15) is 4.79 Å². The van der Waals surface area contributed by atoms with Crippen LogP contribution in [0.5, 0.6) is 5.75 Å². The lowest BCUT2D eigenvalue weighted by molar-refractivity contribution is 0.270. The molecular formula is C20H18ClN3O2. The van der Waals surface area contributed by atoms with Gasteiger partial charge in [0, 0.05) is 12.5 Å². The number of ether oxygens (including phenoxy) is 1. The van der Waals surface area contributed by atoms with Crippen molar-refractivity contribution in [1.29, 1.82) is 0 Å². The third-order valence-electron chi connectivity index (χ3n) is 4.54. The summed E-state index contributed by atoms with van der Waals surface area (Å²) in [7, 11) is 0. The molecule has 5 nitrogen and oxygen atoms in total. The lowest BCUT2D eigenvalue weighted by atomic mass is 9.93. The predicted molar refractivity (Wildman–Crippen MR) is 103 cm³/mol. The van der Waals surface area contributed by atoms with Crippen molar-refractivity contribution in [2.75, 3.05) is 18.5 Å². The number of benzene rings is 2. The lowest BCUT2D eigenvalue weighted by Crippen LogP contribution is -2.25. The molecule has 0 aliphatic carbocycles. The van der Waals surface area contributed by atoms with Crippen LogP contribution in [-0.2, 0) is 0 Å². The Morgan fingerprint density at radius 1 is 1.15 bits per heavy atom. The minimum atomic E-state index is -0.338. The molecular weight excluding hydrogens is 350 g/mol. The van der Waals surface area contributed by atoms with Crippen molar-refractivity contribution >= 4 is 17.3 Å². The zero-order chi connectivity index (χ0) is 17.9. The van der Waals surface area contributed by atoms with E-state index in [1.807, 2.05) is 48.5 Å². The number of fused-ring (bicyclic) bond motifs is 1. The van der Waals surface area contributed by atoms with Gasteiger partial charge in [-0.3, -0.25) is 4.79 Å². The normalized spacial score (nSPS) is 15.8. The van der Waals surface area contributed by atoms with Gasteiger partial charge in [0.15, 0.2) is 0 Å². The number of nitrogens with one attached hydrogen (secondary N) is 1. The molecule has 26 heavy (non-hydrogen) atoms. The first-order valence-electron chi connectivity index (χ1n) is 8.53. The molecule has 4 rings (SSSR count). The number of hydrogen-bond donors (Lipinski definition) is 1. The molecule has 0 bridgehead atoms. The predicted octanol–water partition coefficient (Wildman–Crippen LogP) is 3.86. The van der Waals surface area contributed by atoms with E-state index in [0.29, 0.717) is 30.4 Å². The number of halogens is 1. The topological polar surface area (TPSA) is 56.1 Å². The maximum absolute atomic E-state index is 12.5. The second-order valence-corrected chi connectivity index (χ2v) is 6.56. The minimum absolute atomic E-state index is 0.143. The fraction of sp³-hybridized carbons (Fsp3) is 0.200. The largest absolute Gasteiger partial charge is 0.493 e. The Bertz CT molecular complexity index is 972. The summed E-state index contributed by atoms with van der Waals surface area (Å²) in [6.45, 7) is 1.35. The summed E-state index contributed by atoms with van der Waals surface area (Å²) in [5.41, 5.74) is 2.07. The van der Waals surface area contributed by atoms with Gasteiger partial charge in [-0.2, -0.15) is 9.78 Å². The van der Waals surface area contributed by atoms with E-state index in [0.717, 1.165) is 12.2 Å². The van der Waals surface area contributed by atoms with Crippen molar-refractivity contribution in [3.05, 3.63) is 81.7 Å². The molecule has 0 saturated heterocycles. The van der Waals surface area contributed by atoms with E-state index in [1.165, 1.54) is 10.2 Å². The lowest BCUT2D eigenvalue weighted by Gasteiger charge is -2.26. The van der Waals surface area contributed by atoms with Gasteiger partial charge in [-0.15, -0.1) is 0 Å². The molecule has 132 valence electrons. The van der Waals surface area contributed by atoms with Crippen LogP contribution in [0.4, 0.5) is 5.69 Å². The SMILES string of the molecule is O=c1c(Cl)c(NCC2CCOc3ccccc32)cnn1-c1ccccc1. The van der Waals surface area contributed by atoms with E-state index in [4.69, 9.17) is 16.3 Å². The fourth-order valence-electron chi connectivity index (χ4n) is 3.17. The summed E-state index contributed by atoms with van der Waals surface area (Å²) >= 11 is 6.31. The summed E-state index contributed by atoms with van der Waals surface area (Å²) in [6, 6.07) is 17.3. The molecule has 0 amide bonds. The van der Waals surface area contributed by atoms with Crippen LogP contribution in [0.15, 0.2) is 65.6 Å². The molecule has 0 fully saturated rings. The molecule has 6 heteroatoms. The molecule has 0 saturated carbocycles. The molecule has 1 aliphatic heterocycles. The van der Waals surface area contributed by atoms with Gasteiger partial charge in [0.05, 0.1) is 24.2 Å². The second-order valence-electron chi connectivity index (χ2n) is 6.18. The highest BCUT2D eigenvalue weighted by Crippen LogP contribution is 2.33. The van der Waals surface area contributed by atoms with Gasteiger partial charge in [-0.25, -0.2) is 0 Å². The maximum atomic E-state index is 12.5. The number of anilines is 1. The number of aromatic nitrogens is 2.